The van der Waals surface area contributed by atoms with E-state index in [0.29, 0.717) is 17.7 Å². The van der Waals surface area contributed by atoms with Crippen molar-refractivity contribution in [3.63, 3.8) is 0 Å². The molecule has 88 valence electrons. The molecule has 1 aliphatic rings. The van der Waals surface area contributed by atoms with Crippen LogP contribution < -0.4 is 0 Å². The molecule has 2 rings (SSSR count). The Morgan fingerprint density at radius 3 is 2.62 bits per heavy atom. The third-order valence-electron chi connectivity index (χ3n) is 2.42. The molecule has 1 aromatic rings. The predicted octanol–water partition coefficient (Wildman–Crippen LogP) is 3.92. The van der Waals surface area contributed by atoms with Crippen molar-refractivity contribution in [2.45, 2.75) is 30.3 Å². The zero-order valence-corrected chi connectivity index (χ0v) is 10.3. The first-order valence-electron chi connectivity index (χ1n) is 4.67. The number of alkyl halides is 4. The third kappa shape index (κ3) is 2.18. The molecule has 1 aliphatic carbocycles. The highest BCUT2D eigenvalue weighted by atomic mass is 79.9. The van der Waals surface area contributed by atoms with Gasteiger partial charge in [-0.3, -0.25) is 0 Å². The summed E-state index contributed by atoms with van der Waals surface area (Å²) in [5, 5.41) is -0.0982. The first-order valence-corrected chi connectivity index (χ1v) is 5.96. The van der Waals surface area contributed by atoms with Crippen LogP contribution in [0.25, 0.3) is 0 Å². The highest BCUT2D eigenvalue weighted by Gasteiger charge is 2.37. The summed E-state index contributed by atoms with van der Waals surface area (Å²) in [5.41, 5.74) is 1.00. The lowest BCUT2D eigenvalue weighted by Gasteiger charge is -2.21. The fourth-order valence-corrected chi connectivity index (χ4v) is 2.96. The zero-order valence-electron chi connectivity index (χ0n) is 7.98. The van der Waals surface area contributed by atoms with E-state index in [1.165, 1.54) is 0 Å². The fraction of sp³-hybridized carbons (Fsp3) is 0.556. The Morgan fingerprint density at radius 2 is 2.00 bits per heavy atom. The number of aryl methyl sites for hydroxylation is 1. The van der Waals surface area contributed by atoms with Crippen LogP contribution in [0.4, 0.5) is 13.2 Å². The monoisotopic (exact) mass is 314 g/mol. The number of hydrogen-bond donors (Lipinski definition) is 0. The Bertz CT molecular complexity index is 422. The Balaban J connectivity index is 2.54. The topological polar surface area (TPSA) is 25.8 Å². The molecule has 0 aliphatic heterocycles. The maximum atomic E-state index is 12.4. The van der Waals surface area contributed by atoms with E-state index in [-0.39, 0.29) is 9.98 Å². The van der Waals surface area contributed by atoms with Crippen molar-refractivity contribution in [2.24, 2.45) is 0 Å². The van der Waals surface area contributed by atoms with E-state index >= 15 is 0 Å². The Labute approximate surface area is 103 Å². The largest absolute Gasteiger partial charge is 0.451 e. The van der Waals surface area contributed by atoms with Crippen molar-refractivity contribution in [1.82, 2.24) is 9.97 Å². The average molecular weight is 316 g/mol. The minimum Gasteiger partial charge on any atom is -0.229 e. The summed E-state index contributed by atoms with van der Waals surface area (Å²) in [5.74, 6) is -1.15. The van der Waals surface area contributed by atoms with E-state index in [4.69, 9.17) is 11.6 Å². The van der Waals surface area contributed by atoms with Crippen molar-refractivity contribution < 1.29 is 13.2 Å². The lowest BCUT2D eigenvalue weighted by Crippen LogP contribution is -2.17. The molecule has 0 spiro atoms. The number of hydrogen-bond acceptors (Lipinski definition) is 2. The van der Waals surface area contributed by atoms with Gasteiger partial charge < -0.3 is 0 Å². The molecule has 1 heterocycles. The maximum absolute atomic E-state index is 12.4. The molecular formula is C9H7BrClF3N2. The SMILES string of the molecule is FC(F)(F)c1nc(Cl)c2c(n1)CCCC2Br. The Kier molecular flexibility index (Phi) is 3.13. The molecule has 1 unspecified atom stereocenters. The molecule has 16 heavy (non-hydrogen) atoms. The van der Waals surface area contributed by atoms with Crippen LogP contribution in [0.15, 0.2) is 0 Å². The van der Waals surface area contributed by atoms with Gasteiger partial charge in [0.1, 0.15) is 5.15 Å². The van der Waals surface area contributed by atoms with E-state index in [9.17, 15) is 13.2 Å². The summed E-state index contributed by atoms with van der Waals surface area (Å²) in [6.07, 6.45) is -2.39. The molecule has 0 N–H and O–H groups in total. The van der Waals surface area contributed by atoms with E-state index < -0.39 is 12.0 Å². The van der Waals surface area contributed by atoms with Gasteiger partial charge in [0.15, 0.2) is 0 Å². The molecule has 0 saturated carbocycles. The smallest absolute Gasteiger partial charge is 0.229 e. The second-order valence-electron chi connectivity index (χ2n) is 3.56. The van der Waals surface area contributed by atoms with Crippen LogP contribution in [0.1, 0.15) is 34.8 Å². The van der Waals surface area contributed by atoms with Gasteiger partial charge in [0, 0.05) is 10.4 Å². The Hall–Kier alpha value is -0.360. The highest BCUT2D eigenvalue weighted by Crippen LogP contribution is 2.40. The summed E-state index contributed by atoms with van der Waals surface area (Å²) in [4.78, 5) is 6.80. The standard InChI is InChI=1S/C9H7BrClF3N2/c10-4-2-1-3-5-6(4)7(11)16-8(15-5)9(12,13)14/h4H,1-3H2. The molecule has 0 fully saturated rings. The summed E-state index contributed by atoms with van der Waals surface area (Å²) < 4.78 is 37.3. The average Bonchev–Trinajstić information content (AvgIpc) is 2.15. The number of nitrogens with zero attached hydrogens (tertiary/aromatic N) is 2. The molecule has 0 radical (unpaired) electrons. The summed E-state index contributed by atoms with van der Waals surface area (Å²) in [7, 11) is 0. The number of halogens is 5. The first-order chi connectivity index (χ1) is 7.39. The lowest BCUT2D eigenvalue weighted by atomic mass is 9.97. The van der Waals surface area contributed by atoms with Gasteiger partial charge in [-0.2, -0.15) is 13.2 Å². The van der Waals surface area contributed by atoms with Crippen LogP contribution in [0.5, 0.6) is 0 Å². The molecule has 0 saturated heterocycles. The summed E-state index contributed by atoms with van der Waals surface area (Å²) in [6.45, 7) is 0. The Morgan fingerprint density at radius 1 is 1.31 bits per heavy atom. The predicted molar refractivity (Wildman–Crippen MR) is 56.7 cm³/mol. The van der Waals surface area contributed by atoms with Crippen molar-refractivity contribution >= 4 is 27.5 Å². The second kappa shape index (κ2) is 4.14. The molecule has 1 atom stereocenters. The number of aromatic nitrogens is 2. The number of rotatable bonds is 0. The zero-order chi connectivity index (χ0) is 11.9. The van der Waals surface area contributed by atoms with Crippen LogP contribution in [0.3, 0.4) is 0 Å². The van der Waals surface area contributed by atoms with Gasteiger partial charge in [-0.1, -0.05) is 27.5 Å². The van der Waals surface area contributed by atoms with Gasteiger partial charge in [-0.25, -0.2) is 9.97 Å². The summed E-state index contributed by atoms with van der Waals surface area (Å²) in [6, 6.07) is 0. The molecular weight excluding hydrogens is 308 g/mol. The fourth-order valence-electron chi connectivity index (χ4n) is 1.71. The van der Waals surface area contributed by atoms with Crippen LogP contribution >= 0.6 is 27.5 Å². The van der Waals surface area contributed by atoms with Crippen molar-refractivity contribution in [3.8, 4) is 0 Å². The van der Waals surface area contributed by atoms with Crippen LogP contribution in [0.2, 0.25) is 5.15 Å². The number of fused-ring (bicyclic) bond motifs is 1. The minimum absolute atomic E-state index is 0.0500. The molecule has 0 amide bonds. The van der Waals surface area contributed by atoms with Crippen LogP contribution in [0, 0.1) is 0 Å². The molecule has 7 heteroatoms. The highest BCUT2D eigenvalue weighted by molar-refractivity contribution is 9.09. The van der Waals surface area contributed by atoms with Crippen LogP contribution in [-0.2, 0) is 12.6 Å². The van der Waals surface area contributed by atoms with E-state index in [0.717, 1.165) is 12.8 Å². The first kappa shape index (κ1) is 12.1. The maximum Gasteiger partial charge on any atom is 0.451 e. The van der Waals surface area contributed by atoms with Gasteiger partial charge in [0.25, 0.3) is 0 Å². The van der Waals surface area contributed by atoms with Gasteiger partial charge in [-0.05, 0) is 19.3 Å². The molecule has 1 aromatic heterocycles. The normalized spacial score (nSPS) is 20.7. The van der Waals surface area contributed by atoms with E-state index in [1.54, 1.807) is 0 Å². The summed E-state index contributed by atoms with van der Waals surface area (Å²) >= 11 is 9.13. The van der Waals surface area contributed by atoms with Gasteiger partial charge in [0.05, 0.1) is 5.69 Å². The lowest BCUT2D eigenvalue weighted by molar-refractivity contribution is -0.145. The molecule has 2 nitrogen and oxygen atoms in total. The van der Waals surface area contributed by atoms with Crippen molar-refractivity contribution in [2.75, 3.05) is 0 Å². The van der Waals surface area contributed by atoms with Crippen LogP contribution in [-0.4, -0.2) is 9.97 Å². The minimum atomic E-state index is -4.54. The molecule has 0 bridgehead atoms. The van der Waals surface area contributed by atoms with Crippen molar-refractivity contribution in [1.29, 1.82) is 0 Å². The van der Waals surface area contributed by atoms with Crippen molar-refractivity contribution in [3.05, 3.63) is 22.2 Å². The second-order valence-corrected chi connectivity index (χ2v) is 5.02. The van der Waals surface area contributed by atoms with Gasteiger partial charge in [-0.15, -0.1) is 0 Å². The van der Waals surface area contributed by atoms with E-state index in [1.807, 2.05) is 0 Å². The molecule has 0 aromatic carbocycles. The third-order valence-corrected chi connectivity index (χ3v) is 3.62. The van der Waals surface area contributed by atoms with Gasteiger partial charge in [0.2, 0.25) is 5.82 Å². The quantitative estimate of drug-likeness (QED) is 0.535. The van der Waals surface area contributed by atoms with E-state index in [2.05, 4.69) is 25.9 Å². The van der Waals surface area contributed by atoms with Gasteiger partial charge >= 0.3 is 6.18 Å².